The Bertz CT molecular complexity index is 582. The van der Waals surface area contributed by atoms with Crippen molar-refractivity contribution in [2.45, 2.75) is 20.3 Å². The molecule has 0 fully saturated rings. The zero-order valence-electron chi connectivity index (χ0n) is 9.73. The van der Waals surface area contributed by atoms with E-state index in [-0.39, 0.29) is 12.2 Å². The molecule has 0 saturated carbocycles. The van der Waals surface area contributed by atoms with Gasteiger partial charge in [-0.05, 0) is 37.4 Å². The number of thiophene rings is 1. The summed E-state index contributed by atoms with van der Waals surface area (Å²) in [6.07, 6.45) is -0.0664. The average Bonchev–Trinajstić information content (AvgIpc) is 2.86. The molecule has 0 aromatic carbocycles. The van der Waals surface area contributed by atoms with Gasteiger partial charge in [0.15, 0.2) is 5.78 Å². The van der Waals surface area contributed by atoms with E-state index in [1.54, 1.807) is 6.07 Å². The second-order valence-corrected chi connectivity index (χ2v) is 4.74. The highest BCUT2D eigenvalue weighted by Crippen LogP contribution is 2.26. The van der Waals surface area contributed by atoms with Crippen molar-refractivity contribution < 1.29 is 4.79 Å². The van der Waals surface area contributed by atoms with Gasteiger partial charge in [0, 0.05) is 11.4 Å². The Kier molecular flexibility index (Phi) is 3.12. The smallest absolute Gasteiger partial charge is 0.179 e. The number of aryl methyl sites for hydroxylation is 2. The van der Waals surface area contributed by atoms with E-state index in [9.17, 15) is 4.79 Å². The van der Waals surface area contributed by atoms with Crippen molar-refractivity contribution in [3.05, 3.63) is 40.5 Å². The predicted octanol–water partition coefficient (Wildman–Crippen LogP) is 3.25. The standard InChI is InChI=1S/C13H12N2OS/c1-9-3-4-10(2)15(9)13-11(6-8-17-13)12(16)5-7-14/h3-4,6,8H,5H2,1-2H3. The number of hydrogen-bond donors (Lipinski definition) is 0. The van der Waals surface area contributed by atoms with Crippen molar-refractivity contribution in [1.82, 2.24) is 4.57 Å². The van der Waals surface area contributed by atoms with E-state index < -0.39 is 0 Å². The molecule has 0 amide bonds. The van der Waals surface area contributed by atoms with Gasteiger partial charge >= 0.3 is 0 Å². The summed E-state index contributed by atoms with van der Waals surface area (Å²) >= 11 is 1.52. The Balaban J connectivity index is 2.52. The van der Waals surface area contributed by atoms with Crippen LogP contribution >= 0.6 is 11.3 Å². The summed E-state index contributed by atoms with van der Waals surface area (Å²) in [6, 6.07) is 7.74. The fourth-order valence-electron chi connectivity index (χ4n) is 1.84. The van der Waals surface area contributed by atoms with Crippen LogP contribution in [0.3, 0.4) is 0 Å². The van der Waals surface area contributed by atoms with Crippen LogP contribution in [0.15, 0.2) is 23.6 Å². The normalized spacial score (nSPS) is 10.2. The van der Waals surface area contributed by atoms with Crippen LogP contribution < -0.4 is 0 Å². The highest BCUT2D eigenvalue weighted by atomic mass is 32.1. The van der Waals surface area contributed by atoms with Crippen LogP contribution in [0, 0.1) is 25.2 Å². The number of nitrogens with zero attached hydrogens (tertiary/aromatic N) is 2. The SMILES string of the molecule is Cc1ccc(C)n1-c1sccc1C(=O)CC#N. The highest BCUT2D eigenvalue weighted by molar-refractivity contribution is 7.13. The van der Waals surface area contributed by atoms with Gasteiger partial charge in [-0.2, -0.15) is 5.26 Å². The molecule has 2 heterocycles. The summed E-state index contributed by atoms with van der Waals surface area (Å²) in [5.74, 6) is -0.115. The average molecular weight is 244 g/mol. The fourth-order valence-corrected chi connectivity index (χ4v) is 2.88. The molecule has 0 bridgehead atoms. The number of aromatic nitrogens is 1. The summed E-state index contributed by atoms with van der Waals surface area (Å²) in [5, 5.41) is 11.4. The van der Waals surface area contributed by atoms with Gasteiger partial charge in [-0.3, -0.25) is 4.79 Å². The number of nitriles is 1. The number of rotatable bonds is 3. The summed E-state index contributed by atoms with van der Waals surface area (Å²) in [7, 11) is 0. The molecule has 4 heteroatoms. The molecule has 0 N–H and O–H groups in total. The maximum absolute atomic E-state index is 11.8. The largest absolute Gasteiger partial charge is 0.309 e. The van der Waals surface area contributed by atoms with Gasteiger partial charge in [0.1, 0.15) is 5.00 Å². The molecule has 3 nitrogen and oxygen atoms in total. The molecule has 0 spiro atoms. The van der Waals surface area contributed by atoms with Crippen LogP contribution in [0.5, 0.6) is 0 Å². The number of carbonyl (C=O) groups excluding carboxylic acids is 1. The van der Waals surface area contributed by atoms with Crippen molar-refractivity contribution in [1.29, 1.82) is 5.26 Å². The molecule has 0 saturated heterocycles. The second-order valence-electron chi connectivity index (χ2n) is 3.85. The van der Waals surface area contributed by atoms with Crippen LogP contribution in [-0.4, -0.2) is 10.4 Å². The van der Waals surface area contributed by atoms with E-state index in [4.69, 9.17) is 5.26 Å². The molecule has 2 rings (SSSR count). The Morgan fingerprint density at radius 3 is 2.59 bits per heavy atom. The van der Waals surface area contributed by atoms with Gasteiger partial charge < -0.3 is 4.57 Å². The lowest BCUT2D eigenvalue weighted by Gasteiger charge is -2.08. The minimum Gasteiger partial charge on any atom is -0.309 e. The first-order valence-corrected chi connectivity index (χ1v) is 6.16. The van der Waals surface area contributed by atoms with Gasteiger partial charge in [0.25, 0.3) is 0 Å². The van der Waals surface area contributed by atoms with E-state index in [1.165, 1.54) is 11.3 Å². The van der Waals surface area contributed by atoms with Crippen LogP contribution in [0.4, 0.5) is 0 Å². The molecular weight excluding hydrogens is 232 g/mol. The highest BCUT2D eigenvalue weighted by Gasteiger charge is 2.15. The third-order valence-corrected chi connectivity index (χ3v) is 3.56. The number of hydrogen-bond acceptors (Lipinski definition) is 3. The van der Waals surface area contributed by atoms with E-state index in [1.807, 2.05) is 37.4 Å². The van der Waals surface area contributed by atoms with Crippen molar-refractivity contribution in [2.24, 2.45) is 0 Å². The number of carbonyl (C=O) groups is 1. The Labute approximate surface area is 104 Å². The first-order valence-electron chi connectivity index (χ1n) is 5.28. The molecule has 17 heavy (non-hydrogen) atoms. The summed E-state index contributed by atoms with van der Waals surface area (Å²) in [6.45, 7) is 4.01. The fraction of sp³-hybridized carbons (Fsp3) is 0.231. The lowest BCUT2D eigenvalue weighted by Crippen LogP contribution is -2.04. The zero-order valence-corrected chi connectivity index (χ0v) is 10.5. The molecule has 2 aromatic heterocycles. The molecule has 0 unspecified atom stereocenters. The second kappa shape index (κ2) is 4.56. The van der Waals surface area contributed by atoms with Gasteiger partial charge in [-0.1, -0.05) is 0 Å². The minimum absolute atomic E-state index is 0.0664. The lowest BCUT2D eigenvalue weighted by molar-refractivity contribution is 0.0998. The van der Waals surface area contributed by atoms with E-state index in [0.29, 0.717) is 5.56 Å². The summed E-state index contributed by atoms with van der Waals surface area (Å²) in [5.41, 5.74) is 2.82. The van der Waals surface area contributed by atoms with Crippen LogP contribution in [0.25, 0.3) is 5.00 Å². The van der Waals surface area contributed by atoms with Gasteiger partial charge in [-0.15, -0.1) is 11.3 Å². The Morgan fingerprint density at radius 2 is 2.00 bits per heavy atom. The Morgan fingerprint density at radius 1 is 1.35 bits per heavy atom. The van der Waals surface area contributed by atoms with Gasteiger partial charge in [0.2, 0.25) is 0 Å². The molecule has 0 aliphatic heterocycles. The molecule has 86 valence electrons. The number of Topliss-reactive ketones (excluding diaryl/α,β-unsaturated/α-hetero) is 1. The molecule has 0 atom stereocenters. The number of ketones is 1. The van der Waals surface area contributed by atoms with Gasteiger partial charge in [0.05, 0.1) is 18.1 Å². The molecular formula is C13H12N2OS. The molecule has 0 aliphatic rings. The maximum atomic E-state index is 11.8. The van der Waals surface area contributed by atoms with Crippen LogP contribution in [-0.2, 0) is 0 Å². The van der Waals surface area contributed by atoms with Crippen molar-refractivity contribution in [2.75, 3.05) is 0 Å². The first-order chi connectivity index (χ1) is 8.15. The third kappa shape index (κ3) is 2.02. The summed E-state index contributed by atoms with van der Waals surface area (Å²) < 4.78 is 2.05. The third-order valence-electron chi connectivity index (χ3n) is 2.66. The lowest BCUT2D eigenvalue weighted by atomic mass is 10.1. The minimum atomic E-state index is -0.115. The van der Waals surface area contributed by atoms with E-state index in [0.717, 1.165) is 16.4 Å². The monoisotopic (exact) mass is 244 g/mol. The van der Waals surface area contributed by atoms with E-state index >= 15 is 0 Å². The van der Waals surface area contributed by atoms with Crippen LogP contribution in [0.2, 0.25) is 0 Å². The zero-order chi connectivity index (χ0) is 12.4. The molecule has 0 radical (unpaired) electrons. The van der Waals surface area contributed by atoms with Crippen molar-refractivity contribution in [3.8, 4) is 11.1 Å². The summed E-state index contributed by atoms with van der Waals surface area (Å²) in [4.78, 5) is 11.8. The van der Waals surface area contributed by atoms with E-state index in [2.05, 4.69) is 4.57 Å². The topological polar surface area (TPSA) is 45.8 Å². The maximum Gasteiger partial charge on any atom is 0.179 e. The van der Waals surface area contributed by atoms with Crippen molar-refractivity contribution >= 4 is 17.1 Å². The first kappa shape index (κ1) is 11.6. The quantitative estimate of drug-likeness (QED) is 0.778. The molecule has 0 aliphatic carbocycles. The predicted molar refractivity (Wildman–Crippen MR) is 67.7 cm³/mol. The van der Waals surface area contributed by atoms with Gasteiger partial charge in [-0.25, -0.2) is 0 Å². The molecule has 2 aromatic rings. The van der Waals surface area contributed by atoms with Crippen LogP contribution in [0.1, 0.15) is 28.2 Å². The Hall–Kier alpha value is -1.86. The van der Waals surface area contributed by atoms with Crippen molar-refractivity contribution in [3.63, 3.8) is 0 Å².